The molecule has 2 nitrogen and oxygen atoms in total. The molecule has 0 saturated heterocycles. The number of rotatable bonds is 4. The molecule has 0 bridgehead atoms. The molecule has 0 N–H and O–H groups in total. The number of hydrogen-bond acceptors (Lipinski definition) is 2. The van der Waals surface area contributed by atoms with Gasteiger partial charge in [-0.15, -0.1) is 0 Å². The zero-order chi connectivity index (χ0) is 22.2. The molecule has 0 amide bonds. The van der Waals surface area contributed by atoms with Gasteiger partial charge in [-0.05, 0) is 6.07 Å². The fourth-order valence-electron chi connectivity index (χ4n) is 2.12. The van der Waals surface area contributed by atoms with Gasteiger partial charge in [0.2, 0.25) is 0 Å². The molecule has 0 aliphatic heterocycles. The average molecular weight is 506 g/mol. The minimum atomic E-state index is -4.43. The molecule has 9 heteroatoms. The minimum Gasteiger partial charge on any atom is -0.0622 e. The molecule has 0 spiro atoms. The van der Waals surface area contributed by atoms with Gasteiger partial charge < -0.3 is 0 Å². The molecule has 30 heavy (non-hydrogen) atoms. The van der Waals surface area contributed by atoms with E-state index in [1.165, 1.54) is 24.3 Å². The van der Waals surface area contributed by atoms with E-state index in [9.17, 15) is 26.3 Å². The normalized spacial score (nSPS) is 11.2. The van der Waals surface area contributed by atoms with Gasteiger partial charge in [-0.2, -0.15) is 0 Å². The van der Waals surface area contributed by atoms with Gasteiger partial charge in [-0.25, -0.2) is 0 Å². The van der Waals surface area contributed by atoms with Crippen LogP contribution in [0.3, 0.4) is 0 Å². The fourth-order valence-corrected chi connectivity index (χ4v) is 4.52. The molecule has 3 rings (SSSR count). The van der Waals surface area contributed by atoms with Crippen LogP contribution in [0.1, 0.15) is 11.1 Å². The zero-order valence-electron chi connectivity index (χ0n) is 15.6. The summed E-state index contributed by atoms with van der Waals surface area (Å²) < 4.78 is 87.3. The summed E-state index contributed by atoms with van der Waals surface area (Å²) in [5, 5.41) is 0. The predicted octanol–water partition coefficient (Wildman–Crippen LogP) is 7.17. The number of hydrogen-bond donors (Lipinski definition) is 0. The summed E-state index contributed by atoms with van der Waals surface area (Å²) in [6.45, 7) is 0. The smallest absolute Gasteiger partial charge is 0.0184 e. The summed E-state index contributed by atoms with van der Waals surface area (Å²) in [5.41, 5.74) is -1.58. The number of alkyl halides is 6. The number of halogens is 6. The second kappa shape index (κ2) is 10.7. The van der Waals surface area contributed by atoms with E-state index in [2.05, 4.69) is 6.07 Å². The molecule has 158 valence electrons. The minimum absolute atomic E-state index is 0.229. The van der Waals surface area contributed by atoms with E-state index in [4.69, 9.17) is 5.63 Å². The fraction of sp³-hybridized carbons (Fsp3) is 0.143. The molecule has 0 saturated carbocycles. The predicted molar refractivity (Wildman–Crippen MR) is 95.3 cm³/mol. The summed E-state index contributed by atoms with van der Waals surface area (Å²) in [7, 11) is 0. The second-order valence-corrected chi connectivity index (χ2v) is 9.24. The summed E-state index contributed by atoms with van der Waals surface area (Å²) in [6.07, 6.45) is -8.86. The van der Waals surface area contributed by atoms with Crippen LogP contribution in [0.2, 0.25) is 4.63 Å². The SMILES string of the molecule is [CH3][Zr]([O]c1ccc(C(F)(F)F)cc1)[O]c1ccc(C(F)(F)F)cc1.[c]1ccccc1. The standard InChI is InChI=1S/2C7H5F3O.C6H5.CH3.Zr/c2*8-7(9,10)5-1-3-6(11)4-2-5;1-2-4-6-5-3-1;;/h2*1-4,11H;1-5H;1H3;/q;;;;+2/p-2. The zero-order valence-corrected chi connectivity index (χ0v) is 18.0. The van der Waals surface area contributed by atoms with Crippen LogP contribution in [0, 0.1) is 6.07 Å². The van der Waals surface area contributed by atoms with Crippen LogP contribution in [0.4, 0.5) is 26.3 Å². The third kappa shape index (κ3) is 8.22. The first-order chi connectivity index (χ1) is 14.1. The molecule has 0 atom stereocenters. The summed E-state index contributed by atoms with van der Waals surface area (Å²) in [5.74, 6) is 0.457. The van der Waals surface area contributed by atoms with Crippen LogP contribution in [-0.4, -0.2) is 0 Å². The van der Waals surface area contributed by atoms with Crippen LogP contribution >= 0.6 is 0 Å². The Labute approximate surface area is 179 Å². The second-order valence-electron chi connectivity index (χ2n) is 5.82. The van der Waals surface area contributed by atoms with Crippen molar-refractivity contribution in [2.75, 3.05) is 0 Å². The molecule has 0 aliphatic carbocycles. The van der Waals surface area contributed by atoms with E-state index in [-0.39, 0.29) is 11.5 Å². The van der Waals surface area contributed by atoms with Crippen molar-refractivity contribution in [3.8, 4) is 11.5 Å². The van der Waals surface area contributed by atoms with E-state index in [0.717, 1.165) is 24.3 Å². The van der Waals surface area contributed by atoms with Crippen LogP contribution < -0.4 is 5.63 Å². The Balaban J connectivity index is 0.000000456. The van der Waals surface area contributed by atoms with Crippen LogP contribution in [0.25, 0.3) is 0 Å². The third-order valence-corrected chi connectivity index (χ3v) is 6.07. The average Bonchev–Trinajstić information content (AvgIpc) is 2.69. The van der Waals surface area contributed by atoms with Gasteiger partial charge >= 0.3 is 143 Å². The number of benzene rings is 3. The Morgan fingerprint density at radius 3 is 1.23 bits per heavy atom. The van der Waals surface area contributed by atoms with E-state index >= 15 is 0 Å². The quantitative estimate of drug-likeness (QED) is 0.350. The van der Waals surface area contributed by atoms with Crippen molar-refractivity contribution < 1.29 is 54.6 Å². The van der Waals surface area contributed by atoms with Crippen molar-refractivity contribution in [3.05, 3.63) is 96.1 Å². The van der Waals surface area contributed by atoms with Crippen molar-refractivity contribution in [1.29, 1.82) is 0 Å². The first-order valence-corrected chi connectivity index (χ1v) is 13.0. The Hall–Kier alpha value is -2.28. The molecule has 1 radical (unpaired) electrons. The molecule has 0 aliphatic rings. The topological polar surface area (TPSA) is 18.5 Å². The van der Waals surface area contributed by atoms with E-state index in [1.807, 2.05) is 30.3 Å². The van der Waals surface area contributed by atoms with E-state index in [1.54, 1.807) is 4.63 Å². The summed E-state index contributed by atoms with van der Waals surface area (Å²) >= 11 is -2.93. The maximum Gasteiger partial charge on any atom is -0.0184 e. The molecular formula is C21H16F6O2Zr. The Morgan fingerprint density at radius 2 is 1.00 bits per heavy atom. The van der Waals surface area contributed by atoms with Gasteiger partial charge in [-0.1, -0.05) is 30.3 Å². The Bertz CT molecular complexity index is 792. The van der Waals surface area contributed by atoms with E-state index < -0.39 is 46.1 Å². The van der Waals surface area contributed by atoms with Crippen molar-refractivity contribution >= 4 is 0 Å². The molecule has 0 aromatic heterocycles. The van der Waals surface area contributed by atoms with Crippen molar-refractivity contribution in [2.24, 2.45) is 0 Å². The van der Waals surface area contributed by atoms with Gasteiger partial charge in [0.25, 0.3) is 0 Å². The first-order valence-electron chi connectivity index (χ1n) is 8.50. The van der Waals surface area contributed by atoms with Gasteiger partial charge in [0, 0.05) is 0 Å². The monoisotopic (exact) mass is 504 g/mol. The molecule has 3 aromatic carbocycles. The van der Waals surface area contributed by atoms with Crippen LogP contribution in [-0.2, 0) is 35.0 Å². The van der Waals surface area contributed by atoms with Gasteiger partial charge in [0.1, 0.15) is 0 Å². The van der Waals surface area contributed by atoms with E-state index in [0.29, 0.717) is 0 Å². The van der Waals surface area contributed by atoms with Gasteiger partial charge in [0.05, 0.1) is 0 Å². The van der Waals surface area contributed by atoms with Gasteiger partial charge in [-0.3, -0.25) is 0 Å². The van der Waals surface area contributed by atoms with Gasteiger partial charge in [0.15, 0.2) is 0 Å². The molecule has 0 unspecified atom stereocenters. The molecule has 0 heterocycles. The Morgan fingerprint density at radius 1 is 0.633 bits per heavy atom. The van der Waals surface area contributed by atoms with Crippen LogP contribution in [0.15, 0.2) is 78.9 Å². The van der Waals surface area contributed by atoms with Crippen molar-refractivity contribution in [2.45, 2.75) is 17.0 Å². The summed E-state index contributed by atoms with van der Waals surface area (Å²) in [6, 6.07) is 20.8. The maximum atomic E-state index is 12.5. The van der Waals surface area contributed by atoms with Crippen molar-refractivity contribution in [1.82, 2.24) is 0 Å². The summed E-state index contributed by atoms with van der Waals surface area (Å²) in [4.78, 5) is 0. The largest absolute Gasteiger partial charge is 0.0622 e. The molecule has 3 aromatic rings. The Kier molecular flexibility index (Phi) is 8.53. The molecule has 0 fully saturated rings. The van der Waals surface area contributed by atoms with Crippen LogP contribution in [0.5, 0.6) is 11.5 Å². The molecular weight excluding hydrogens is 489 g/mol. The third-order valence-electron chi connectivity index (χ3n) is 3.49. The first kappa shape index (κ1) is 24.0. The maximum absolute atomic E-state index is 12.5. The van der Waals surface area contributed by atoms with Crippen molar-refractivity contribution in [3.63, 3.8) is 0 Å².